The molecule has 8 bridgehead atoms. The summed E-state index contributed by atoms with van der Waals surface area (Å²) < 4.78 is 8.26. The fourth-order valence-corrected chi connectivity index (χ4v) is 7.39. The van der Waals surface area contributed by atoms with Crippen molar-refractivity contribution in [3.63, 3.8) is 0 Å². The first-order valence-corrected chi connectivity index (χ1v) is 20.4. The van der Waals surface area contributed by atoms with Gasteiger partial charge in [-0.15, -0.1) is 22.1 Å². The van der Waals surface area contributed by atoms with Crippen LogP contribution in [0.15, 0.2) is 121 Å². The summed E-state index contributed by atoms with van der Waals surface area (Å²) >= 11 is 0.700. The first-order valence-electron chi connectivity index (χ1n) is 19.6. The molecule has 0 radical (unpaired) electrons. The van der Waals surface area contributed by atoms with Gasteiger partial charge in [-0.2, -0.15) is 0 Å². The van der Waals surface area contributed by atoms with E-state index in [0.29, 0.717) is 109 Å². The molecule has 0 unspecified atom stereocenters. The van der Waals surface area contributed by atoms with E-state index in [0.717, 1.165) is 0 Å². The fraction of sp³-hybridized carbons (Fsp3) is 0.0400. The normalized spacial score (nSPS) is 11.2. The van der Waals surface area contributed by atoms with Gasteiger partial charge in [0.1, 0.15) is 0 Å². The van der Waals surface area contributed by atoms with Crippen LogP contribution in [0.4, 0.5) is 0 Å². The minimum atomic E-state index is -1.07. The molecule has 7 aromatic rings. The maximum absolute atomic E-state index is 11.8. The molecule has 0 amide bonds. The molecule has 15 heteroatoms. The fourth-order valence-electron chi connectivity index (χ4n) is 7.39. The molecule has 0 saturated carbocycles. The summed E-state index contributed by atoms with van der Waals surface area (Å²) in [6.07, 6.45) is 7.33. The number of aliphatic hydroxyl groups excluding tert-OH is 1. The van der Waals surface area contributed by atoms with Gasteiger partial charge in [-0.3, -0.25) is 0 Å². The second-order valence-electron chi connectivity index (χ2n) is 14.2. The molecule has 4 aromatic carbocycles. The first kappa shape index (κ1) is 44.9. The predicted molar refractivity (Wildman–Crippen MR) is 240 cm³/mol. The number of hydrogen-bond donors (Lipinski definition) is 5. The number of hydrogen-bond acceptors (Lipinski definition) is 8. The molecule has 0 spiro atoms. The van der Waals surface area contributed by atoms with E-state index in [1.54, 1.807) is 55.5 Å². The van der Waals surface area contributed by atoms with Crippen molar-refractivity contribution in [3.8, 4) is 44.5 Å². The number of rotatable bonds is 8. The van der Waals surface area contributed by atoms with Gasteiger partial charge in [-0.25, -0.2) is 29.1 Å². The van der Waals surface area contributed by atoms with Crippen LogP contribution in [0.3, 0.4) is 0 Å². The number of carbonyl (C=O) groups is 4. The van der Waals surface area contributed by atoms with Crippen molar-refractivity contribution in [3.05, 3.63) is 166 Å². The Hall–Kier alpha value is -8.19. The first-order chi connectivity index (χ1) is 31.4. The topological polar surface area (TPSA) is 240 Å². The Morgan fingerprint density at radius 1 is 0.400 bits per heavy atom. The Kier molecular flexibility index (Phi) is 13.4. The molecular formula is C50H34MoN4O10-2. The molecule has 5 N–H and O–H groups in total. The molecule has 2 aliphatic heterocycles. The van der Waals surface area contributed by atoms with Crippen LogP contribution in [-0.4, -0.2) is 66.0 Å². The number of nitrogens with zero attached hydrogens (tertiary/aromatic N) is 4. The Balaban J connectivity index is 0.00000121. The number of aliphatic hydroxyl groups is 1. The number of carboxylic acid groups (broad SMARTS) is 4. The van der Waals surface area contributed by atoms with E-state index < -0.39 is 23.9 Å². The molecule has 2 aliphatic rings. The van der Waals surface area contributed by atoms with Gasteiger partial charge >= 0.3 is 47.1 Å². The third-order valence-corrected chi connectivity index (χ3v) is 10.3. The van der Waals surface area contributed by atoms with Gasteiger partial charge < -0.3 is 35.5 Å². The van der Waals surface area contributed by atoms with Crippen molar-refractivity contribution in [2.24, 2.45) is 0 Å². The molecule has 5 heterocycles. The van der Waals surface area contributed by atoms with Crippen molar-refractivity contribution in [1.29, 1.82) is 0 Å². The Bertz CT molecular complexity index is 2810. The number of benzene rings is 4. The second-order valence-corrected chi connectivity index (χ2v) is 14.2. The van der Waals surface area contributed by atoms with Crippen LogP contribution in [0, 0.1) is 0 Å². The van der Waals surface area contributed by atoms with Crippen LogP contribution in [0.2, 0.25) is 0 Å². The molecule has 65 heavy (non-hydrogen) atoms. The molecular weight excluding hydrogens is 913 g/mol. The van der Waals surface area contributed by atoms with E-state index in [-0.39, 0.29) is 28.9 Å². The summed E-state index contributed by atoms with van der Waals surface area (Å²) in [7, 11) is 0. The van der Waals surface area contributed by atoms with Gasteiger partial charge in [-0.05, 0) is 124 Å². The summed E-state index contributed by atoms with van der Waals surface area (Å²) in [5.74, 6) is -4.30. The standard InChI is InChI=1S/C48H30N4O8.C2H6O.Mo.O/c53-45(54)29-9-1-25(2-10-29)41-33-17-19-35(49-33)42(26-3-11-30(12-4-26)46(55)56)37-21-23-39(51-37)44(28-7-15-32(16-8-28)48(59)60)40-24-22-38(52-40)43(36-20-18-34(41)50-36)27-5-13-31(14-6-27)47(57)58;1-2-3;;/h1-24H,(H6,49,50,51,52,53,54,55,56,57,58,59,60);3H,2H2,1H3;;/p-2. The molecule has 322 valence electrons. The van der Waals surface area contributed by atoms with Crippen LogP contribution in [0.1, 0.15) is 71.1 Å². The van der Waals surface area contributed by atoms with Crippen LogP contribution in [0.5, 0.6) is 0 Å². The van der Waals surface area contributed by atoms with Crippen molar-refractivity contribution in [2.45, 2.75) is 6.92 Å². The van der Waals surface area contributed by atoms with E-state index >= 15 is 0 Å². The van der Waals surface area contributed by atoms with Gasteiger partial charge in [0, 0.05) is 6.61 Å². The molecule has 0 atom stereocenters. The Morgan fingerprint density at radius 3 is 0.754 bits per heavy atom. The molecule has 0 saturated heterocycles. The molecule has 14 nitrogen and oxygen atoms in total. The summed E-state index contributed by atoms with van der Waals surface area (Å²) in [5.41, 5.74) is 9.53. The van der Waals surface area contributed by atoms with Gasteiger partial charge in [0.15, 0.2) is 0 Å². The van der Waals surface area contributed by atoms with Gasteiger partial charge in [0.05, 0.1) is 45.0 Å². The number of fused-ring (bicyclic) bond motifs is 8. The SMILES string of the molecule is CCO.O=C(O)c1ccc(-c2c3nc(c(-c4ccc(C(=O)O)cc4)c4ccc([n-]4)c(-c4ccc(C(=O)O)cc4)c4nc(c(-c5ccc(C(=O)O)cc5)c5ccc2[n-]5)C=C4)C=C3)cc1.[O]=[Mo]. The number of carboxylic acids is 4. The third-order valence-electron chi connectivity index (χ3n) is 10.3. The maximum atomic E-state index is 11.8. The van der Waals surface area contributed by atoms with Gasteiger partial charge in [0.25, 0.3) is 0 Å². The zero-order valence-electron chi connectivity index (χ0n) is 34.0. The van der Waals surface area contributed by atoms with Crippen LogP contribution >= 0.6 is 0 Å². The third kappa shape index (κ3) is 9.30. The molecule has 0 fully saturated rings. The van der Waals surface area contributed by atoms with Crippen molar-refractivity contribution < 1.29 is 67.9 Å². The van der Waals surface area contributed by atoms with E-state index in [1.807, 2.05) is 48.6 Å². The monoisotopic (exact) mass is 948 g/mol. The van der Waals surface area contributed by atoms with E-state index in [4.69, 9.17) is 28.4 Å². The predicted octanol–water partition coefficient (Wildman–Crippen LogP) is 9.25. The van der Waals surface area contributed by atoms with Crippen LogP contribution < -0.4 is 9.97 Å². The molecule has 9 rings (SSSR count). The molecule has 0 aliphatic carbocycles. The molecule has 3 aromatic heterocycles. The second kappa shape index (κ2) is 19.5. The van der Waals surface area contributed by atoms with E-state index in [2.05, 4.69) is 0 Å². The minimum absolute atomic E-state index is 0.103. The van der Waals surface area contributed by atoms with Crippen LogP contribution in [0.25, 0.3) is 90.9 Å². The average Bonchev–Trinajstić information content (AvgIpc) is 4.16. The van der Waals surface area contributed by atoms with Crippen molar-refractivity contribution in [1.82, 2.24) is 19.9 Å². The van der Waals surface area contributed by atoms with E-state index in [1.165, 1.54) is 48.5 Å². The summed E-state index contributed by atoms with van der Waals surface area (Å²) in [4.78, 5) is 67.8. The van der Waals surface area contributed by atoms with Crippen molar-refractivity contribution in [2.75, 3.05) is 6.61 Å². The van der Waals surface area contributed by atoms with Gasteiger partial charge in [-0.1, -0.05) is 72.8 Å². The quantitative estimate of drug-likeness (QED) is 0.0893. The Labute approximate surface area is 380 Å². The average molecular weight is 947 g/mol. The Morgan fingerprint density at radius 2 is 0.585 bits per heavy atom. The van der Waals surface area contributed by atoms with Crippen LogP contribution in [-0.2, 0) is 23.2 Å². The summed E-state index contributed by atoms with van der Waals surface area (Å²) in [6.45, 7) is 1.93. The van der Waals surface area contributed by atoms with Gasteiger partial charge in [0.2, 0.25) is 0 Å². The summed E-state index contributed by atoms with van der Waals surface area (Å²) in [6, 6.07) is 33.0. The summed E-state index contributed by atoms with van der Waals surface area (Å²) in [5, 5.41) is 46.2. The zero-order chi connectivity index (χ0) is 46.4. The number of aromatic nitrogens is 4. The van der Waals surface area contributed by atoms with Crippen molar-refractivity contribution >= 4 is 70.2 Å². The van der Waals surface area contributed by atoms with E-state index in [9.17, 15) is 39.6 Å². The number of aromatic carboxylic acids is 4. The zero-order valence-corrected chi connectivity index (χ0v) is 36.0.